The molecule has 0 aliphatic rings. The van der Waals surface area contributed by atoms with Gasteiger partial charge in [0.2, 0.25) is 0 Å². The molecule has 1 atom stereocenters. The van der Waals surface area contributed by atoms with Gasteiger partial charge in [0.25, 0.3) is 0 Å². The maximum Gasteiger partial charge on any atom is 0.191 e. The number of nitrogens with zero attached hydrogens (tertiary/aromatic N) is 2. The lowest BCUT2D eigenvalue weighted by molar-refractivity contribution is 0.0205. The lowest BCUT2D eigenvalue weighted by Crippen LogP contribution is -2.45. The summed E-state index contributed by atoms with van der Waals surface area (Å²) in [6.07, 6.45) is 4.08. The van der Waals surface area contributed by atoms with Gasteiger partial charge in [-0.25, -0.2) is 4.98 Å². The average Bonchev–Trinajstić information content (AvgIpc) is 2.92. The van der Waals surface area contributed by atoms with E-state index in [9.17, 15) is 0 Å². The molecule has 0 saturated heterocycles. The number of rotatable bonds is 7. The van der Waals surface area contributed by atoms with Gasteiger partial charge in [-0.1, -0.05) is 27.7 Å². The summed E-state index contributed by atoms with van der Waals surface area (Å²) in [7, 11) is 3.54. The average molecular weight is 327 g/mol. The summed E-state index contributed by atoms with van der Waals surface area (Å²) in [6.45, 7) is 10.2. The number of ether oxygens (including phenoxy) is 1. The van der Waals surface area contributed by atoms with Gasteiger partial charge in [0.1, 0.15) is 0 Å². The highest BCUT2D eigenvalue weighted by atomic mass is 32.1. The van der Waals surface area contributed by atoms with Crippen LogP contribution in [0.4, 0.5) is 0 Å². The standard InChI is InChI=1S/C16H30N4OS/c1-7-12-10-19-14(22-12)8-9-18-15(17-5)20-11-13(21-6)16(2,3)4/h10,13H,7-9,11H2,1-6H3,(H2,17,18,20). The van der Waals surface area contributed by atoms with E-state index < -0.39 is 0 Å². The molecule has 1 rings (SSSR count). The Bertz CT molecular complexity index is 465. The van der Waals surface area contributed by atoms with Gasteiger partial charge >= 0.3 is 0 Å². The Labute approximate surface area is 138 Å². The molecular weight excluding hydrogens is 296 g/mol. The highest BCUT2D eigenvalue weighted by molar-refractivity contribution is 7.11. The highest BCUT2D eigenvalue weighted by Gasteiger charge is 2.24. The predicted octanol–water partition coefficient (Wildman–Crippen LogP) is 2.47. The summed E-state index contributed by atoms with van der Waals surface area (Å²) in [6, 6.07) is 0. The second-order valence-electron chi connectivity index (χ2n) is 6.29. The third-order valence-electron chi connectivity index (χ3n) is 3.51. The largest absolute Gasteiger partial charge is 0.379 e. The number of aliphatic imine (C=N–C) groups is 1. The van der Waals surface area contributed by atoms with E-state index in [4.69, 9.17) is 4.74 Å². The van der Waals surface area contributed by atoms with Gasteiger partial charge < -0.3 is 15.4 Å². The van der Waals surface area contributed by atoms with Gasteiger partial charge in [0.15, 0.2) is 5.96 Å². The van der Waals surface area contributed by atoms with E-state index in [-0.39, 0.29) is 11.5 Å². The molecule has 0 bridgehead atoms. The molecule has 0 spiro atoms. The van der Waals surface area contributed by atoms with Crippen LogP contribution >= 0.6 is 11.3 Å². The predicted molar refractivity (Wildman–Crippen MR) is 94.8 cm³/mol. The zero-order valence-corrected chi connectivity index (χ0v) is 15.5. The van der Waals surface area contributed by atoms with E-state index in [1.54, 1.807) is 25.5 Å². The number of nitrogens with one attached hydrogen (secondary N) is 2. The van der Waals surface area contributed by atoms with Crippen LogP contribution in [0.3, 0.4) is 0 Å². The minimum Gasteiger partial charge on any atom is -0.379 e. The molecule has 0 aromatic carbocycles. The van der Waals surface area contributed by atoms with Crippen LogP contribution in [-0.4, -0.2) is 44.3 Å². The first-order valence-electron chi connectivity index (χ1n) is 7.81. The van der Waals surface area contributed by atoms with Crippen molar-refractivity contribution in [1.82, 2.24) is 15.6 Å². The Morgan fingerprint density at radius 1 is 1.41 bits per heavy atom. The van der Waals surface area contributed by atoms with E-state index in [2.05, 4.69) is 48.3 Å². The smallest absolute Gasteiger partial charge is 0.191 e. The summed E-state index contributed by atoms with van der Waals surface area (Å²) in [5, 5.41) is 7.82. The fraction of sp³-hybridized carbons (Fsp3) is 0.750. The quantitative estimate of drug-likeness (QED) is 0.597. The third-order valence-corrected chi connectivity index (χ3v) is 4.71. The molecule has 1 unspecified atom stereocenters. The molecule has 1 heterocycles. The summed E-state index contributed by atoms with van der Waals surface area (Å²) >= 11 is 1.79. The maximum atomic E-state index is 5.54. The Morgan fingerprint density at radius 3 is 2.64 bits per heavy atom. The first-order valence-corrected chi connectivity index (χ1v) is 8.63. The molecular formula is C16H30N4OS. The van der Waals surface area contributed by atoms with Crippen molar-refractivity contribution >= 4 is 17.3 Å². The van der Waals surface area contributed by atoms with Crippen LogP contribution in [0.5, 0.6) is 0 Å². The minimum atomic E-state index is 0.0953. The molecule has 1 aromatic rings. The van der Waals surface area contributed by atoms with E-state index in [0.29, 0.717) is 0 Å². The fourth-order valence-electron chi connectivity index (χ4n) is 2.07. The van der Waals surface area contributed by atoms with Gasteiger partial charge in [-0.3, -0.25) is 4.99 Å². The summed E-state index contributed by atoms with van der Waals surface area (Å²) in [4.78, 5) is 10.0. The molecule has 0 radical (unpaired) electrons. The van der Waals surface area contributed by atoms with Crippen molar-refractivity contribution in [2.45, 2.75) is 46.6 Å². The lowest BCUT2D eigenvalue weighted by Gasteiger charge is -2.30. The molecule has 0 amide bonds. The van der Waals surface area contributed by atoms with E-state index in [1.165, 1.54) is 9.88 Å². The van der Waals surface area contributed by atoms with Gasteiger partial charge in [-0.15, -0.1) is 11.3 Å². The monoisotopic (exact) mass is 326 g/mol. The molecule has 0 aliphatic heterocycles. The maximum absolute atomic E-state index is 5.54. The SMILES string of the molecule is CCc1cnc(CCNC(=NC)NCC(OC)C(C)(C)C)s1. The van der Waals surface area contributed by atoms with Crippen molar-refractivity contribution < 1.29 is 4.74 Å². The van der Waals surface area contributed by atoms with Crippen molar-refractivity contribution in [3.05, 3.63) is 16.1 Å². The number of hydrogen-bond acceptors (Lipinski definition) is 4. The third kappa shape index (κ3) is 6.32. The van der Waals surface area contributed by atoms with Crippen molar-refractivity contribution in [3.8, 4) is 0 Å². The first-order chi connectivity index (χ1) is 10.4. The van der Waals surface area contributed by atoms with Crippen molar-refractivity contribution in [2.75, 3.05) is 27.2 Å². The molecule has 5 nitrogen and oxygen atoms in total. The minimum absolute atomic E-state index is 0.0953. The topological polar surface area (TPSA) is 58.5 Å². The Hall–Kier alpha value is -1.14. The first kappa shape index (κ1) is 18.9. The number of aryl methyl sites for hydroxylation is 1. The second-order valence-corrected chi connectivity index (χ2v) is 7.49. The Kier molecular flexibility index (Phi) is 7.82. The zero-order valence-electron chi connectivity index (χ0n) is 14.7. The molecule has 22 heavy (non-hydrogen) atoms. The highest BCUT2D eigenvalue weighted by Crippen LogP contribution is 2.20. The molecule has 0 fully saturated rings. The number of methoxy groups -OCH3 is 1. The van der Waals surface area contributed by atoms with E-state index in [0.717, 1.165) is 31.9 Å². The fourth-order valence-corrected chi connectivity index (χ4v) is 2.93. The van der Waals surface area contributed by atoms with Gasteiger partial charge in [-0.05, 0) is 11.8 Å². The van der Waals surface area contributed by atoms with Crippen molar-refractivity contribution in [1.29, 1.82) is 0 Å². The van der Waals surface area contributed by atoms with Crippen molar-refractivity contribution in [3.63, 3.8) is 0 Å². The van der Waals surface area contributed by atoms with Crippen LogP contribution in [0.2, 0.25) is 0 Å². The molecule has 6 heteroatoms. The van der Waals surface area contributed by atoms with Crippen LogP contribution in [0, 0.1) is 5.41 Å². The molecule has 2 N–H and O–H groups in total. The van der Waals surface area contributed by atoms with Gasteiger partial charge in [0, 0.05) is 44.7 Å². The van der Waals surface area contributed by atoms with Crippen LogP contribution in [-0.2, 0) is 17.6 Å². The van der Waals surface area contributed by atoms with E-state index in [1.807, 2.05) is 6.20 Å². The Morgan fingerprint density at radius 2 is 2.14 bits per heavy atom. The van der Waals surface area contributed by atoms with Crippen LogP contribution in [0.1, 0.15) is 37.6 Å². The van der Waals surface area contributed by atoms with Crippen LogP contribution in [0.15, 0.2) is 11.2 Å². The summed E-state index contributed by atoms with van der Waals surface area (Å²) in [5.41, 5.74) is 0.0953. The summed E-state index contributed by atoms with van der Waals surface area (Å²) < 4.78 is 5.54. The molecule has 0 saturated carbocycles. The molecule has 1 aromatic heterocycles. The Balaban J connectivity index is 2.36. The number of hydrogen-bond donors (Lipinski definition) is 2. The van der Waals surface area contributed by atoms with Crippen LogP contribution < -0.4 is 10.6 Å². The summed E-state index contributed by atoms with van der Waals surface area (Å²) in [5.74, 6) is 0.804. The van der Waals surface area contributed by atoms with Crippen LogP contribution in [0.25, 0.3) is 0 Å². The number of guanidine groups is 1. The number of thiazole rings is 1. The zero-order chi connectivity index (χ0) is 16.6. The second kappa shape index (κ2) is 9.10. The lowest BCUT2D eigenvalue weighted by atomic mass is 9.89. The van der Waals surface area contributed by atoms with Gasteiger partial charge in [0.05, 0.1) is 11.1 Å². The molecule has 126 valence electrons. The van der Waals surface area contributed by atoms with Gasteiger partial charge in [-0.2, -0.15) is 0 Å². The molecule has 0 aliphatic carbocycles. The van der Waals surface area contributed by atoms with E-state index >= 15 is 0 Å². The normalized spacial score (nSPS) is 14.0. The number of aromatic nitrogens is 1. The van der Waals surface area contributed by atoms with Crippen molar-refractivity contribution in [2.24, 2.45) is 10.4 Å².